The van der Waals surface area contributed by atoms with E-state index in [4.69, 9.17) is 4.74 Å². The number of nitrogens with one attached hydrogen (secondary N) is 1. The van der Waals surface area contributed by atoms with Gasteiger partial charge >= 0.3 is 0 Å². The minimum absolute atomic E-state index is 0.600. The highest BCUT2D eigenvalue weighted by atomic mass is 16.5. The van der Waals surface area contributed by atoms with Gasteiger partial charge in [-0.2, -0.15) is 0 Å². The van der Waals surface area contributed by atoms with E-state index < -0.39 is 0 Å². The number of ether oxygens (including phenoxy) is 1. The Morgan fingerprint density at radius 3 is 3.06 bits per heavy atom. The fraction of sp³-hybridized carbons (Fsp3) is 0.600. The highest BCUT2D eigenvalue weighted by Crippen LogP contribution is 2.29. The van der Waals surface area contributed by atoms with E-state index in [1.807, 2.05) is 6.07 Å². The average molecular weight is 248 g/mol. The molecule has 100 valence electrons. The summed E-state index contributed by atoms with van der Waals surface area (Å²) in [6.07, 6.45) is 2.28. The molecular weight excluding hydrogens is 224 g/mol. The summed E-state index contributed by atoms with van der Waals surface area (Å²) in [5.41, 5.74) is 1.24. The lowest BCUT2D eigenvalue weighted by Gasteiger charge is -2.24. The van der Waals surface area contributed by atoms with E-state index in [1.54, 1.807) is 0 Å². The predicted molar refractivity (Wildman–Crippen MR) is 76.5 cm³/mol. The van der Waals surface area contributed by atoms with Crippen LogP contribution in [0.1, 0.15) is 26.7 Å². The number of fused-ring (bicyclic) bond motifs is 1. The molecule has 1 N–H and O–H groups in total. The second-order valence-corrected chi connectivity index (χ2v) is 4.92. The predicted octanol–water partition coefficient (Wildman–Crippen LogP) is 2.66. The van der Waals surface area contributed by atoms with E-state index in [0.29, 0.717) is 6.04 Å². The third-order valence-corrected chi connectivity index (χ3v) is 3.52. The van der Waals surface area contributed by atoms with Crippen molar-refractivity contribution in [2.75, 3.05) is 31.1 Å². The molecule has 18 heavy (non-hydrogen) atoms. The first kappa shape index (κ1) is 13.2. The number of rotatable bonds is 5. The van der Waals surface area contributed by atoms with Gasteiger partial charge in [-0.25, -0.2) is 0 Å². The normalized spacial score (nSPS) is 16.7. The number of benzene rings is 1. The molecule has 1 aliphatic heterocycles. The Morgan fingerprint density at radius 2 is 2.22 bits per heavy atom. The maximum absolute atomic E-state index is 5.77. The lowest BCUT2D eigenvalue weighted by atomic mass is 10.2. The van der Waals surface area contributed by atoms with Crippen LogP contribution in [0.2, 0.25) is 0 Å². The maximum atomic E-state index is 5.77. The largest absolute Gasteiger partial charge is 0.491 e. The summed E-state index contributed by atoms with van der Waals surface area (Å²) in [5, 5.41) is 3.55. The Bertz CT molecular complexity index is 367. The van der Waals surface area contributed by atoms with Crippen molar-refractivity contribution in [1.82, 2.24) is 5.32 Å². The van der Waals surface area contributed by atoms with Gasteiger partial charge in [-0.05, 0) is 31.9 Å². The van der Waals surface area contributed by atoms with Gasteiger partial charge < -0.3 is 15.0 Å². The monoisotopic (exact) mass is 248 g/mol. The van der Waals surface area contributed by atoms with Crippen LogP contribution < -0.4 is 15.0 Å². The molecule has 1 aliphatic rings. The number of anilines is 1. The van der Waals surface area contributed by atoms with Crippen LogP contribution in [0.4, 0.5) is 5.69 Å². The quantitative estimate of drug-likeness (QED) is 0.867. The van der Waals surface area contributed by atoms with Crippen molar-refractivity contribution in [1.29, 1.82) is 0 Å². The Hall–Kier alpha value is -1.22. The van der Waals surface area contributed by atoms with Crippen LogP contribution in [0.15, 0.2) is 24.3 Å². The molecular formula is C15H24N2O. The molecule has 0 saturated heterocycles. The van der Waals surface area contributed by atoms with E-state index in [9.17, 15) is 0 Å². The van der Waals surface area contributed by atoms with Gasteiger partial charge in [0, 0.05) is 25.7 Å². The van der Waals surface area contributed by atoms with Crippen LogP contribution in [0.5, 0.6) is 5.75 Å². The molecule has 3 nitrogen and oxygen atoms in total. The molecule has 1 heterocycles. The molecule has 0 radical (unpaired) electrons. The smallest absolute Gasteiger partial charge is 0.142 e. The first-order valence-corrected chi connectivity index (χ1v) is 7.01. The van der Waals surface area contributed by atoms with Crippen molar-refractivity contribution in [3.05, 3.63) is 24.3 Å². The van der Waals surface area contributed by atoms with Gasteiger partial charge in [-0.1, -0.05) is 19.1 Å². The van der Waals surface area contributed by atoms with Crippen LogP contribution >= 0.6 is 0 Å². The molecule has 2 rings (SSSR count). The summed E-state index contributed by atoms with van der Waals surface area (Å²) in [5.74, 6) is 1.03. The average Bonchev–Trinajstić information content (AvgIpc) is 2.61. The van der Waals surface area contributed by atoms with Gasteiger partial charge in [-0.3, -0.25) is 0 Å². The Kier molecular flexibility index (Phi) is 4.88. The van der Waals surface area contributed by atoms with Gasteiger partial charge in [-0.15, -0.1) is 0 Å². The molecule has 1 unspecified atom stereocenters. The van der Waals surface area contributed by atoms with E-state index in [0.717, 1.165) is 38.4 Å². The fourth-order valence-corrected chi connectivity index (χ4v) is 2.22. The standard InChI is InChI=1S/C15H24N2O/c1-3-13(2)16-9-11-17-10-6-12-18-15-8-5-4-7-14(15)17/h4-5,7-8,13,16H,3,6,9-12H2,1-2H3. The first-order chi connectivity index (χ1) is 8.81. The van der Waals surface area contributed by atoms with Gasteiger partial charge in [0.05, 0.1) is 12.3 Å². The zero-order chi connectivity index (χ0) is 12.8. The molecule has 3 heteroatoms. The summed E-state index contributed by atoms with van der Waals surface area (Å²) in [6, 6.07) is 8.95. The SMILES string of the molecule is CCC(C)NCCN1CCCOc2ccccc21. The first-order valence-electron chi connectivity index (χ1n) is 7.01. The Balaban J connectivity index is 1.95. The zero-order valence-corrected chi connectivity index (χ0v) is 11.5. The van der Waals surface area contributed by atoms with E-state index >= 15 is 0 Å². The molecule has 1 aromatic rings. The number of para-hydroxylation sites is 2. The maximum Gasteiger partial charge on any atom is 0.142 e. The molecule has 0 amide bonds. The summed E-state index contributed by atoms with van der Waals surface area (Å²) in [4.78, 5) is 2.43. The van der Waals surface area contributed by atoms with Crippen molar-refractivity contribution in [2.24, 2.45) is 0 Å². The summed E-state index contributed by atoms with van der Waals surface area (Å²) >= 11 is 0. The molecule has 0 saturated carbocycles. The fourth-order valence-electron chi connectivity index (χ4n) is 2.22. The number of hydrogen-bond acceptors (Lipinski definition) is 3. The van der Waals surface area contributed by atoms with Gasteiger partial charge in [0.1, 0.15) is 5.75 Å². The third kappa shape index (κ3) is 3.39. The van der Waals surface area contributed by atoms with Crippen molar-refractivity contribution in [3.63, 3.8) is 0 Å². The molecule has 1 atom stereocenters. The molecule has 0 fully saturated rings. The topological polar surface area (TPSA) is 24.5 Å². The number of nitrogens with zero attached hydrogens (tertiary/aromatic N) is 1. The highest BCUT2D eigenvalue weighted by Gasteiger charge is 2.15. The third-order valence-electron chi connectivity index (χ3n) is 3.52. The highest BCUT2D eigenvalue weighted by molar-refractivity contribution is 5.58. The van der Waals surface area contributed by atoms with Gasteiger partial charge in [0.2, 0.25) is 0 Å². The summed E-state index contributed by atoms with van der Waals surface area (Å²) < 4.78 is 5.77. The molecule has 0 aliphatic carbocycles. The van der Waals surface area contributed by atoms with Crippen molar-refractivity contribution in [3.8, 4) is 5.75 Å². The van der Waals surface area contributed by atoms with Gasteiger partial charge in [0.25, 0.3) is 0 Å². The van der Waals surface area contributed by atoms with Gasteiger partial charge in [0.15, 0.2) is 0 Å². The lowest BCUT2D eigenvalue weighted by molar-refractivity contribution is 0.322. The van der Waals surface area contributed by atoms with E-state index in [2.05, 4.69) is 42.3 Å². The van der Waals surface area contributed by atoms with Crippen LogP contribution in [0.3, 0.4) is 0 Å². The Labute approximate surface area is 110 Å². The number of hydrogen-bond donors (Lipinski definition) is 1. The van der Waals surface area contributed by atoms with Crippen molar-refractivity contribution in [2.45, 2.75) is 32.7 Å². The molecule has 1 aromatic carbocycles. The minimum Gasteiger partial charge on any atom is -0.491 e. The Morgan fingerprint density at radius 1 is 1.39 bits per heavy atom. The van der Waals surface area contributed by atoms with E-state index in [1.165, 1.54) is 12.1 Å². The summed E-state index contributed by atoms with van der Waals surface area (Å²) in [6.45, 7) is 8.44. The van der Waals surface area contributed by atoms with Crippen LogP contribution in [0, 0.1) is 0 Å². The van der Waals surface area contributed by atoms with Crippen LogP contribution in [-0.4, -0.2) is 32.3 Å². The van der Waals surface area contributed by atoms with Crippen LogP contribution in [0.25, 0.3) is 0 Å². The molecule has 0 spiro atoms. The summed E-state index contributed by atoms with van der Waals surface area (Å²) in [7, 11) is 0. The second kappa shape index (κ2) is 6.64. The van der Waals surface area contributed by atoms with Crippen LogP contribution in [-0.2, 0) is 0 Å². The van der Waals surface area contributed by atoms with E-state index in [-0.39, 0.29) is 0 Å². The lowest BCUT2D eigenvalue weighted by Crippen LogP contribution is -2.36. The second-order valence-electron chi connectivity index (χ2n) is 4.92. The molecule has 0 aromatic heterocycles. The van der Waals surface area contributed by atoms with Crippen molar-refractivity contribution >= 4 is 5.69 Å². The van der Waals surface area contributed by atoms with Crippen molar-refractivity contribution < 1.29 is 4.74 Å². The minimum atomic E-state index is 0.600. The molecule has 0 bridgehead atoms. The zero-order valence-electron chi connectivity index (χ0n) is 11.5.